The van der Waals surface area contributed by atoms with E-state index in [9.17, 15) is 10.2 Å². The smallest absolute Gasteiger partial charge is 0.315 e. The molecular formula is C32H58O5Si4. The van der Waals surface area contributed by atoms with Crippen LogP contribution in [-0.2, 0) is 12.3 Å². The summed E-state index contributed by atoms with van der Waals surface area (Å²) >= 11 is 0. The first-order valence-electron chi connectivity index (χ1n) is 15.7. The topological polar surface area (TPSA) is 68.2 Å². The summed E-state index contributed by atoms with van der Waals surface area (Å²) in [6, 6.07) is 16.2. The van der Waals surface area contributed by atoms with Gasteiger partial charge in [0.2, 0.25) is 0 Å². The molecule has 2 aromatic carbocycles. The van der Waals surface area contributed by atoms with Gasteiger partial charge in [-0.3, -0.25) is 0 Å². The number of aromatic hydroxyl groups is 2. The molecule has 0 radical (unpaired) electrons. The second-order valence-electron chi connectivity index (χ2n) is 14.2. The third-order valence-corrected chi connectivity index (χ3v) is 20.5. The van der Waals surface area contributed by atoms with Crippen molar-refractivity contribution in [3.63, 3.8) is 0 Å². The lowest BCUT2D eigenvalue weighted by Gasteiger charge is -2.41. The van der Waals surface area contributed by atoms with Crippen LogP contribution in [0.25, 0.3) is 0 Å². The lowest BCUT2D eigenvalue weighted by molar-refractivity contribution is 0.322. The Morgan fingerprint density at radius 1 is 0.512 bits per heavy atom. The number of phenols is 2. The molecule has 1 unspecified atom stereocenters. The highest BCUT2D eigenvalue weighted by Crippen LogP contribution is 2.32. The quantitative estimate of drug-likeness (QED) is 0.119. The summed E-state index contributed by atoms with van der Waals surface area (Å²) in [4.78, 5) is 0. The molecule has 0 aliphatic carbocycles. The Bertz CT molecular complexity index is 971. The van der Waals surface area contributed by atoms with Crippen LogP contribution < -0.4 is 0 Å². The summed E-state index contributed by atoms with van der Waals surface area (Å²) < 4.78 is 20.1. The van der Waals surface area contributed by atoms with E-state index in [1.54, 1.807) is 24.3 Å². The fourth-order valence-electron chi connectivity index (χ4n) is 5.84. The van der Waals surface area contributed by atoms with Crippen LogP contribution >= 0.6 is 0 Å². The minimum absolute atomic E-state index is 0.277. The van der Waals surface area contributed by atoms with Crippen LogP contribution in [0.4, 0.5) is 0 Å². The van der Waals surface area contributed by atoms with Crippen molar-refractivity contribution in [3.8, 4) is 11.5 Å². The molecule has 0 saturated carbocycles. The normalized spacial score (nSPS) is 14.4. The predicted molar refractivity (Wildman–Crippen MR) is 183 cm³/mol. The molecule has 0 aromatic heterocycles. The molecule has 0 heterocycles. The molecule has 0 spiro atoms. The van der Waals surface area contributed by atoms with Gasteiger partial charge in [-0.1, -0.05) is 75.6 Å². The van der Waals surface area contributed by atoms with Gasteiger partial charge in [-0.15, -0.1) is 0 Å². The zero-order valence-corrected chi connectivity index (χ0v) is 31.4. The maximum absolute atomic E-state index is 9.72. The van der Waals surface area contributed by atoms with Gasteiger partial charge in [-0.25, -0.2) is 0 Å². The molecule has 0 aliphatic heterocycles. The van der Waals surface area contributed by atoms with E-state index in [2.05, 4.69) is 58.9 Å². The Hall–Kier alpha value is -1.21. The fraction of sp³-hybridized carbons (Fsp3) is 0.625. The van der Waals surface area contributed by atoms with Crippen LogP contribution in [0.3, 0.4) is 0 Å². The van der Waals surface area contributed by atoms with E-state index in [0.29, 0.717) is 11.5 Å². The van der Waals surface area contributed by atoms with Gasteiger partial charge in [-0.2, -0.15) is 0 Å². The lowest BCUT2D eigenvalue weighted by Crippen LogP contribution is -2.56. The van der Waals surface area contributed by atoms with Crippen molar-refractivity contribution < 1.29 is 22.6 Å². The summed E-state index contributed by atoms with van der Waals surface area (Å²) in [5.41, 5.74) is 2.42. The van der Waals surface area contributed by atoms with Crippen LogP contribution in [0, 0.1) is 0 Å². The molecule has 0 bridgehead atoms. The van der Waals surface area contributed by atoms with Gasteiger partial charge in [0.15, 0.2) is 16.6 Å². The molecule has 2 aromatic rings. The van der Waals surface area contributed by atoms with Gasteiger partial charge in [0.1, 0.15) is 11.5 Å². The van der Waals surface area contributed by atoms with Gasteiger partial charge >= 0.3 is 17.1 Å². The minimum atomic E-state index is -2.29. The molecule has 9 heteroatoms. The maximum atomic E-state index is 9.72. The summed E-state index contributed by atoms with van der Waals surface area (Å²) in [5, 5.41) is 19.4. The van der Waals surface area contributed by atoms with Crippen molar-refractivity contribution in [2.45, 2.75) is 129 Å². The Morgan fingerprint density at radius 2 is 0.902 bits per heavy atom. The minimum Gasteiger partial charge on any atom is -0.508 e. The lowest BCUT2D eigenvalue weighted by atomic mass is 9.86. The first-order chi connectivity index (χ1) is 19.0. The van der Waals surface area contributed by atoms with Crippen molar-refractivity contribution in [1.29, 1.82) is 0 Å². The molecule has 1 atom stereocenters. The predicted octanol–water partition coefficient (Wildman–Crippen LogP) is 10.2. The summed E-state index contributed by atoms with van der Waals surface area (Å²) in [6.45, 7) is 20.2. The Kier molecular flexibility index (Phi) is 14.1. The van der Waals surface area contributed by atoms with E-state index in [0.717, 1.165) is 12.5 Å². The van der Waals surface area contributed by atoms with Crippen LogP contribution in [0.5, 0.6) is 11.5 Å². The highest BCUT2D eigenvalue weighted by atomic mass is 28.5. The fourth-order valence-corrected chi connectivity index (χ4v) is 23.9. The van der Waals surface area contributed by atoms with E-state index in [1.165, 1.54) is 62.5 Å². The second-order valence-corrected chi connectivity index (χ2v) is 30.6. The van der Waals surface area contributed by atoms with E-state index in [-0.39, 0.29) is 5.92 Å². The highest BCUT2D eigenvalue weighted by molar-refractivity contribution is 6.89. The van der Waals surface area contributed by atoms with Crippen LogP contribution in [0.1, 0.15) is 74.8 Å². The number of hydrogen-bond donors (Lipinski definition) is 2. The SMILES string of the molecule is C[Si](C)(C)O[Si](C)(C)O[Si](C)(CCCCCCCCCCC(c1ccc(O)cc1)c1ccc(O)cc1)O[Si](C)(C)C. The van der Waals surface area contributed by atoms with Gasteiger partial charge in [0, 0.05) is 5.92 Å². The largest absolute Gasteiger partial charge is 0.508 e. The highest BCUT2D eigenvalue weighted by Gasteiger charge is 2.44. The molecule has 2 N–H and O–H groups in total. The Balaban J connectivity index is 1.74. The number of benzene rings is 2. The molecule has 2 rings (SSSR count). The van der Waals surface area contributed by atoms with Crippen molar-refractivity contribution in [3.05, 3.63) is 59.7 Å². The molecule has 232 valence electrons. The van der Waals surface area contributed by atoms with Gasteiger partial charge in [0.25, 0.3) is 0 Å². The average molecular weight is 635 g/mol. The number of phenolic OH excluding ortho intramolecular Hbond substituents is 2. The standard InChI is InChI=1S/C32H58O5Si4/c1-38(2,3)35-40(7,8)37-41(9,36-39(4,5)6)27-17-15-13-11-10-12-14-16-18-32(28-19-23-30(33)24-20-28)29-21-25-31(34)26-22-29/h19-26,32-34H,10-18,27H2,1-9H3. The third kappa shape index (κ3) is 15.2. The molecule has 5 nitrogen and oxygen atoms in total. The van der Waals surface area contributed by atoms with E-state index in [1.807, 2.05) is 24.3 Å². The van der Waals surface area contributed by atoms with Crippen LogP contribution in [-0.4, -0.2) is 44.0 Å². The summed E-state index contributed by atoms with van der Waals surface area (Å²) in [5.74, 6) is 0.866. The maximum Gasteiger partial charge on any atom is 0.315 e. The van der Waals surface area contributed by atoms with E-state index >= 15 is 0 Å². The van der Waals surface area contributed by atoms with Crippen LogP contribution in [0.15, 0.2) is 48.5 Å². The number of rotatable bonds is 19. The number of unbranched alkanes of at least 4 members (excludes halogenated alkanes) is 7. The molecule has 0 aliphatic rings. The first-order valence-corrected chi connectivity index (χ1v) is 27.8. The molecule has 41 heavy (non-hydrogen) atoms. The molecular weight excluding hydrogens is 577 g/mol. The summed E-state index contributed by atoms with van der Waals surface area (Å²) in [7, 11) is -7.89. The zero-order valence-electron chi connectivity index (χ0n) is 27.4. The van der Waals surface area contributed by atoms with Crippen molar-refractivity contribution >= 4 is 33.8 Å². The molecule has 0 amide bonds. The molecule has 0 fully saturated rings. The third-order valence-electron chi connectivity index (χ3n) is 7.00. The monoisotopic (exact) mass is 634 g/mol. The van der Waals surface area contributed by atoms with Gasteiger partial charge in [-0.05, 0) is 107 Å². The van der Waals surface area contributed by atoms with Crippen molar-refractivity contribution in [2.24, 2.45) is 0 Å². The summed E-state index contributed by atoms with van der Waals surface area (Å²) in [6.07, 6.45) is 11.0. The van der Waals surface area contributed by atoms with E-state index in [4.69, 9.17) is 12.3 Å². The zero-order chi connectivity index (χ0) is 30.7. The first kappa shape index (κ1) is 36.0. The average Bonchev–Trinajstić information content (AvgIpc) is 2.81. The van der Waals surface area contributed by atoms with E-state index < -0.39 is 33.8 Å². The van der Waals surface area contributed by atoms with Crippen molar-refractivity contribution in [2.75, 3.05) is 0 Å². The second kappa shape index (κ2) is 16.0. The Morgan fingerprint density at radius 3 is 1.32 bits per heavy atom. The number of hydrogen-bond acceptors (Lipinski definition) is 5. The van der Waals surface area contributed by atoms with Gasteiger partial charge in [0.05, 0.1) is 0 Å². The Labute approximate surface area is 255 Å². The van der Waals surface area contributed by atoms with Gasteiger partial charge < -0.3 is 22.6 Å². The van der Waals surface area contributed by atoms with Crippen LogP contribution in [0.2, 0.25) is 65.0 Å². The molecule has 0 saturated heterocycles. The van der Waals surface area contributed by atoms with Crippen molar-refractivity contribution in [1.82, 2.24) is 0 Å².